The normalized spacial score (nSPS) is 12.8. The fourth-order valence-corrected chi connectivity index (χ4v) is 2.77. The number of aromatic nitrogens is 2. The molecule has 1 aromatic carbocycles. The maximum atomic E-state index is 13.7. The van der Waals surface area contributed by atoms with E-state index in [0.717, 1.165) is 28.9 Å². The van der Waals surface area contributed by atoms with Crippen molar-refractivity contribution in [3.05, 3.63) is 47.1 Å². The molecule has 0 aliphatic rings. The van der Waals surface area contributed by atoms with Crippen molar-refractivity contribution >= 4 is 16.3 Å². The van der Waals surface area contributed by atoms with Crippen molar-refractivity contribution in [1.29, 1.82) is 0 Å². The van der Waals surface area contributed by atoms with Crippen molar-refractivity contribution in [2.24, 2.45) is 5.73 Å². The molecule has 0 aliphatic heterocycles. The van der Waals surface area contributed by atoms with Gasteiger partial charge in [0.05, 0.1) is 5.69 Å². The Morgan fingerprint density at radius 2 is 2.24 bits per heavy atom. The van der Waals surface area contributed by atoms with Crippen LogP contribution in [0.25, 0.3) is 4.96 Å². The molecule has 0 saturated heterocycles. The minimum atomic E-state index is -0.639. The average molecular weight is 309 g/mol. The molecule has 1 unspecified atom stereocenters. The third-order valence-electron chi connectivity index (χ3n) is 2.94. The molecule has 7 heteroatoms. The molecule has 3 aromatic rings. The van der Waals surface area contributed by atoms with E-state index in [1.807, 2.05) is 22.9 Å². The lowest BCUT2D eigenvalue weighted by Crippen LogP contribution is -2.19. The van der Waals surface area contributed by atoms with Crippen LogP contribution in [-0.2, 0) is 6.42 Å². The molecule has 2 aromatic heterocycles. The van der Waals surface area contributed by atoms with Gasteiger partial charge in [-0.3, -0.25) is 4.40 Å². The second-order valence-electron chi connectivity index (χ2n) is 4.78. The Labute approximate surface area is 123 Å². The summed E-state index contributed by atoms with van der Waals surface area (Å²) in [6.07, 6.45) is 2.36. The summed E-state index contributed by atoms with van der Waals surface area (Å²) in [5.41, 5.74) is 6.57. The molecule has 0 radical (unpaired) electrons. The zero-order chi connectivity index (χ0) is 15.0. The SMILES string of the molecule is CC(N)Cc1c(Oc2cc(F)ccc2F)nc2sccn12. The summed E-state index contributed by atoms with van der Waals surface area (Å²) in [5, 5.41) is 1.89. The molecule has 2 N–H and O–H groups in total. The molecule has 21 heavy (non-hydrogen) atoms. The molecule has 110 valence electrons. The number of benzene rings is 1. The zero-order valence-electron chi connectivity index (χ0n) is 11.2. The first-order valence-electron chi connectivity index (χ1n) is 6.37. The Kier molecular flexibility index (Phi) is 3.60. The standard InChI is InChI=1S/C14H13F2N3OS/c1-8(17)6-11-13(18-14-19(11)4-5-21-14)20-12-7-9(15)2-3-10(12)16/h2-5,7-8H,6,17H2,1H3. The van der Waals surface area contributed by atoms with Crippen LogP contribution in [0, 0.1) is 11.6 Å². The molecular weight excluding hydrogens is 296 g/mol. The minimum absolute atomic E-state index is 0.107. The Balaban J connectivity index is 2.03. The van der Waals surface area contributed by atoms with E-state index in [-0.39, 0.29) is 17.7 Å². The Morgan fingerprint density at radius 3 is 3.00 bits per heavy atom. The number of ether oxygens (including phenoxy) is 1. The van der Waals surface area contributed by atoms with Crippen molar-refractivity contribution in [2.45, 2.75) is 19.4 Å². The predicted octanol–water partition coefficient (Wildman–Crippen LogP) is 3.36. The van der Waals surface area contributed by atoms with Crippen LogP contribution in [0.5, 0.6) is 11.6 Å². The molecule has 0 fully saturated rings. The monoisotopic (exact) mass is 309 g/mol. The van der Waals surface area contributed by atoms with Gasteiger partial charge in [0.2, 0.25) is 5.88 Å². The Bertz CT molecular complexity index is 782. The number of nitrogens with zero attached hydrogens (tertiary/aromatic N) is 2. The van der Waals surface area contributed by atoms with Crippen molar-refractivity contribution in [3.8, 4) is 11.6 Å². The first kappa shape index (κ1) is 14.0. The lowest BCUT2D eigenvalue weighted by atomic mass is 10.2. The molecule has 3 rings (SSSR count). The molecular formula is C14H13F2N3OS. The highest BCUT2D eigenvalue weighted by atomic mass is 32.1. The first-order chi connectivity index (χ1) is 10.0. The van der Waals surface area contributed by atoms with Gasteiger partial charge in [-0.2, -0.15) is 4.98 Å². The number of halogens is 2. The summed E-state index contributed by atoms with van der Waals surface area (Å²) in [7, 11) is 0. The number of hydrogen-bond acceptors (Lipinski definition) is 4. The Hall–Kier alpha value is -1.99. The molecule has 0 spiro atoms. The topological polar surface area (TPSA) is 52.5 Å². The van der Waals surface area contributed by atoms with E-state index in [0.29, 0.717) is 6.42 Å². The molecule has 2 heterocycles. The lowest BCUT2D eigenvalue weighted by Gasteiger charge is -2.09. The summed E-state index contributed by atoms with van der Waals surface area (Å²) in [4.78, 5) is 5.03. The maximum Gasteiger partial charge on any atom is 0.242 e. The second-order valence-corrected chi connectivity index (χ2v) is 5.65. The quantitative estimate of drug-likeness (QED) is 0.804. The van der Waals surface area contributed by atoms with Gasteiger partial charge >= 0.3 is 0 Å². The number of hydrogen-bond donors (Lipinski definition) is 1. The highest BCUT2D eigenvalue weighted by Crippen LogP contribution is 2.30. The van der Waals surface area contributed by atoms with Crippen molar-refractivity contribution in [3.63, 3.8) is 0 Å². The van der Waals surface area contributed by atoms with Crippen LogP contribution in [0.3, 0.4) is 0 Å². The highest BCUT2D eigenvalue weighted by molar-refractivity contribution is 7.15. The molecule has 0 aliphatic carbocycles. The average Bonchev–Trinajstić information content (AvgIpc) is 2.97. The van der Waals surface area contributed by atoms with Gasteiger partial charge in [-0.05, 0) is 19.1 Å². The molecule has 0 bridgehead atoms. The molecule has 0 saturated carbocycles. The van der Waals surface area contributed by atoms with Crippen LogP contribution < -0.4 is 10.5 Å². The summed E-state index contributed by atoms with van der Waals surface area (Å²) < 4.78 is 34.2. The van der Waals surface area contributed by atoms with E-state index in [1.165, 1.54) is 11.3 Å². The van der Waals surface area contributed by atoms with E-state index >= 15 is 0 Å². The van der Waals surface area contributed by atoms with Gasteiger partial charge in [-0.25, -0.2) is 8.78 Å². The summed E-state index contributed by atoms with van der Waals surface area (Å²) in [6, 6.07) is 2.95. The highest BCUT2D eigenvalue weighted by Gasteiger charge is 2.18. The fourth-order valence-electron chi connectivity index (χ4n) is 2.04. The van der Waals surface area contributed by atoms with Crippen LogP contribution in [0.2, 0.25) is 0 Å². The van der Waals surface area contributed by atoms with Crippen LogP contribution in [0.1, 0.15) is 12.6 Å². The van der Waals surface area contributed by atoms with Crippen LogP contribution >= 0.6 is 11.3 Å². The second kappa shape index (κ2) is 5.42. The van der Waals surface area contributed by atoms with Gasteiger partial charge in [0.1, 0.15) is 5.82 Å². The number of thiazole rings is 1. The van der Waals surface area contributed by atoms with Gasteiger partial charge in [0, 0.05) is 30.1 Å². The molecule has 1 atom stereocenters. The largest absolute Gasteiger partial charge is 0.434 e. The van der Waals surface area contributed by atoms with Gasteiger partial charge in [0.25, 0.3) is 0 Å². The number of imidazole rings is 1. The molecule has 4 nitrogen and oxygen atoms in total. The van der Waals surface area contributed by atoms with Crippen LogP contribution in [-0.4, -0.2) is 15.4 Å². The van der Waals surface area contributed by atoms with Gasteiger partial charge in [-0.1, -0.05) is 0 Å². The van der Waals surface area contributed by atoms with Gasteiger partial charge in [-0.15, -0.1) is 11.3 Å². The summed E-state index contributed by atoms with van der Waals surface area (Å²) in [5.74, 6) is -1.14. The summed E-state index contributed by atoms with van der Waals surface area (Å²) in [6.45, 7) is 1.86. The molecule has 0 amide bonds. The zero-order valence-corrected chi connectivity index (χ0v) is 12.0. The predicted molar refractivity (Wildman–Crippen MR) is 76.9 cm³/mol. The van der Waals surface area contributed by atoms with E-state index in [2.05, 4.69) is 4.98 Å². The van der Waals surface area contributed by atoms with Crippen molar-refractivity contribution in [2.75, 3.05) is 0 Å². The smallest absolute Gasteiger partial charge is 0.242 e. The minimum Gasteiger partial charge on any atom is -0.434 e. The lowest BCUT2D eigenvalue weighted by molar-refractivity contribution is 0.418. The van der Waals surface area contributed by atoms with Crippen molar-refractivity contribution < 1.29 is 13.5 Å². The van der Waals surface area contributed by atoms with E-state index in [1.54, 1.807) is 0 Å². The van der Waals surface area contributed by atoms with Crippen molar-refractivity contribution in [1.82, 2.24) is 9.38 Å². The van der Waals surface area contributed by atoms with E-state index in [9.17, 15) is 8.78 Å². The fraction of sp³-hybridized carbons (Fsp3) is 0.214. The van der Waals surface area contributed by atoms with E-state index in [4.69, 9.17) is 10.5 Å². The van der Waals surface area contributed by atoms with Crippen LogP contribution in [0.15, 0.2) is 29.8 Å². The number of rotatable bonds is 4. The summed E-state index contributed by atoms with van der Waals surface area (Å²) >= 11 is 1.43. The Morgan fingerprint density at radius 1 is 1.43 bits per heavy atom. The number of nitrogens with two attached hydrogens (primary N) is 1. The third-order valence-corrected chi connectivity index (χ3v) is 3.70. The van der Waals surface area contributed by atoms with E-state index < -0.39 is 11.6 Å². The van der Waals surface area contributed by atoms with Gasteiger partial charge < -0.3 is 10.5 Å². The maximum absolute atomic E-state index is 13.7. The first-order valence-corrected chi connectivity index (χ1v) is 7.25. The third kappa shape index (κ3) is 2.74. The number of fused-ring (bicyclic) bond motifs is 1. The van der Waals surface area contributed by atoms with Crippen LogP contribution in [0.4, 0.5) is 8.78 Å². The van der Waals surface area contributed by atoms with Gasteiger partial charge in [0.15, 0.2) is 16.5 Å².